The Hall–Kier alpha value is -1.06. The molecule has 0 spiro atoms. The first-order valence-corrected chi connectivity index (χ1v) is 7.26. The Labute approximate surface area is 116 Å². The number of ether oxygens (including phenoxy) is 1. The van der Waals surface area contributed by atoms with Crippen molar-refractivity contribution >= 4 is 0 Å². The van der Waals surface area contributed by atoms with Gasteiger partial charge in [-0.1, -0.05) is 25.0 Å². The summed E-state index contributed by atoms with van der Waals surface area (Å²) in [6.07, 6.45) is 4.92. The van der Waals surface area contributed by atoms with Gasteiger partial charge in [-0.3, -0.25) is 0 Å². The molecule has 1 aromatic carbocycles. The summed E-state index contributed by atoms with van der Waals surface area (Å²) < 4.78 is 5.12. The van der Waals surface area contributed by atoms with Crippen molar-refractivity contribution < 1.29 is 9.84 Å². The average molecular weight is 263 g/mol. The number of aliphatic hydroxyl groups is 1. The van der Waals surface area contributed by atoms with Crippen LogP contribution in [0.1, 0.15) is 44.3 Å². The highest BCUT2D eigenvalue weighted by Crippen LogP contribution is 2.27. The van der Waals surface area contributed by atoms with Crippen molar-refractivity contribution in [1.82, 2.24) is 5.32 Å². The molecule has 1 aliphatic carbocycles. The second kappa shape index (κ2) is 6.92. The van der Waals surface area contributed by atoms with Gasteiger partial charge in [-0.05, 0) is 43.4 Å². The van der Waals surface area contributed by atoms with Gasteiger partial charge in [0.2, 0.25) is 0 Å². The van der Waals surface area contributed by atoms with Gasteiger partial charge in [-0.2, -0.15) is 0 Å². The van der Waals surface area contributed by atoms with Crippen LogP contribution in [0.3, 0.4) is 0 Å². The monoisotopic (exact) mass is 263 g/mol. The molecule has 2 atom stereocenters. The third-order valence-electron chi connectivity index (χ3n) is 4.24. The molecule has 0 aliphatic heterocycles. The highest BCUT2D eigenvalue weighted by molar-refractivity contribution is 5.28. The Kier molecular flexibility index (Phi) is 5.23. The first-order valence-electron chi connectivity index (χ1n) is 7.26. The van der Waals surface area contributed by atoms with Gasteiger partial charge in [0, 0.05) is 12.6 Å². The van der Waals surface area contributed by atoms with E-state index in [9.17, 15) is 5.11 Å². The number of hydrogen-bond donors (Lipinski definition) is 2. The second-order valence-corrected chi connectivity index (χ2v) is 5.53. The molecular formula is C16H25NO2. The van der Waals surface area contributed by atoms with Crippen molar-refractivity contribution in [1.29, 1.82) is 0 Å². The van der Waals surface area contributed by atoms with E-state index >= 15 is 0 Å². The molecule has 1 aliphatic rings. The molecule has 1 aromatic rings. The van der Waals surface area contributed by atoms with Crippen molar-refractivity contribution in [3.8, 4) is 5.75 Å². The maximum absolute atomic E-state index is 10.2. The van der Waals surface area contributed by atoms with Crippen LogP contribution in [0.15, 0.2) is 24.3 Å². The predicted octanol–water partition coefficient (Wildman–Crippen LogP) is 2.90. The lowest BCUT2D eigenvalue weighted by Crippen LogP contribution is -2.35. The van der Waals surface area contributed by atoms with Crippen LogP contribution in [0.2, 0.25) is 0 Å². The average Bonchev–Trinajstić information content (AvgIpc) is 2.98. The minimum atomic E-state index is -0.449. The second-order valence-electron chi connectivity index (χ2n) is 5.53. The standard InChI is InChI=1S/C16H25NO2/c1-12(13-5-3-4-6-13)17-11-16(18)14-7-9-15(19-2)10-8-14/h7-10,12-13,16-18H,3-6,11H2,1-2H3. The van der Waals surface area contributed by atoms with Crippen LogP contribution < -0.4 is 10.1 Å². The Morgan fingerprint density at radius 1 is 1.26 bits per heavy atom. The van der Waals surface area contributed by atoms with Gasteiger partial charge in [0.15, 0.2) is 0 Å². The number of rotatable bonds is 6. The van der Waals surface area contributed by atoms with Crippen LogP contribution in [0.5, 0.6) is 5.75 Å². The first-order chi connectivity index (χ1) is 9.20. The molecule has 0 bridgehead atoms. The lowest BCUT2D eigenvalue weighted by atomic mass is 9.99. The van der Waals surface area contributed by atoms with Crippen molar-refractivity contribution in [2.45, 2.75) is 44.8 Å². The van der Waals surface area contributed by atoms with E-state index in [-0.39, 0.29) is 0 Å². The SMILES string of the molecule is COc1ccc(C(O)CNC(C)C2CCCC2)cc1. The van der Waals surface area contributed by atoms with Gasteiger partial charge in [-0.25, -0.2) is 0 Å². The van der Waals surface area contributed by atoms with E-state index in [4.69, 9.17) is 4.74 Å². The summed E-state index contributed by atoms with van der Waals surface area (Å²) in [6.45, 7) is 2.85. The van der Waals surface area contributed by atoms with Crippen LogP contribution in [0.4, 0.5) is 0 Å². The molecule has 106 valence electrons. The molecular weight excluding hydrogens is 238 g/mol. The van der Waals surface area contributed by atoms with Crippen molar-refractivity contribution in [2.24, 2.45) is 5.92 Å². The molecule has 1 saturated carbocycles. The third-order valence-corrected chi connectivity index (χ3v) is 4.24. The van der Waals surface area contributed by atoms with E-state index in [1.165, 1.54) is 25.7 Å². The van der Waals surface area contributed by atoms with Crippen LogP contribution in [0.25, 0.3) is 0 Å². The number of methoxy groups -OCH3 is 1. The smallest absolute Gasteiger partial charge is 0.118 e. The summed E-state index contributed by atoms with van der Waals surface area (Å²) in [5, 5.41) is 13.6. The van der Waals surface area contributed by atoms with Crippen LogP contribution in [-0.4, -0.2) is 24.8 Å². The fourth-order valence-corrected chi connectivity index (χ4v) is 2.87. The largest absolute Gasteiger partial charge is 0.497 e. The summed E-state index contributed by atoms with van der Waals surface area (Å²) in [4.78, 5) is 0. The Morgan fingerprint density at radius 3 is 2.47 bits per heavy atom. The van der Waals surface area contributed by atoms with Gasteiger partial charge < -0.3 is 15.2 Å². The van der Waals surface area contributed by atoms with E-state index in [0.717, 1.165) is 17.2 Å². The minimum Gasteiger partial charge on any atom is -0.497 e. The summed E-state index contributed by atoms with van der Waals surface area (Å²) >= 11 is 0. The Morgan fingerprint density at radius 2 is 1.89 bits per heavy atom. The van der Waals surface area contributed by atoms with E-state index in [2.05, 4.69) is 12.2 Å². The minimum absolute atomic E-state index is 0.449. The van der Waals surface area contributed by atoms with Gasteiger partial charge in [-0.15, -0.1) is 0 Å². The molecule has 2 rings (SSSR count). The zero-order chi connectivity index (χ0) is 13.7. The highest BCUT2D eigenvalue weighted by Gasteiger charge is 2.21. The lowest BCUT2D eigenvalue weighted by molar-refractivity contribution is 0.165. The van der Waals surface area contributed by atoms with Crippen LogP contribution in [-0.2, 0) is 0 Å². The maximum atomic E-state index is 10.2. The molecule has 3 heteroatoms. The van der Waals surface area contributed by atoms with Crippen molar-refractivity contribution in [2.75, 3.05) is 13.7 Å². The van der Waals surface area contributed by atoms with Crippen molar-refractivity contribution in [3.63, 3.8) is 0 Å². The van der Waals surface area contributed by atoms with Gasteiger partial charge in [0.25, 0.3) is 0 Å². The highest BCUT2D eigenvalue weighted by atomic mass is 16.5. The summed E-state index contributed by atoms with van der Waals surface area (Å²) in [5.41, 5.74) is 0.937. The topological polar surface area (TPSA) is 41.5 Å². The quantitative estimate of drug-likeness (QED) is 0.829. The third kappa shape index (κ3) is 3.95. The van der Waals surface area contributed by atoms with E-state index in [1.807, 2.05) is 24.3 Å². The molecule has 3 nitrogen and oxygen atoms in total. The lowest BCUT2D eigenvalue weighted by Gasteiger charge is -2.22. The summed E-state index contributed by atoms with van der Waals surface area (Å²) in [6, 6.07) is 8.12. The molecule has 0 aromatic heterocycles. The molecule has 19 heavy (non-hydrogen) atoms. The Balaban J connectivity index is 1.80. The molecule has 0 heterocycles. The van der Waals surface area contributed by atoms with Gasteiger partial charge in [0.1, 0.15) is 5.75 Å². The molecule has 0 radical (unpaired) electrons. The van der Waals surface area contributed by atoms with Crippen LogP contribution >= 0.6 is 0 Å². The molecule has 2 N–H and O–H groups in total. The number of nitrogens with one attached hydrogen (secondary N) is 1. The summed E-state index contributed by atoms with van der Waals surface area (Å²) in [7, 11) is 1.65. The zero-order valence-corrected chi connectivity index (χ0v) is 11.9. The predicted molar refractivity (Wildman–Crippen MR) is 77.4 cm³/mol. The van der Waals surface area contributed by atoms with Gasteiger partial charge >= 0.3 is 0 Å². The van der Waals surface area contributed by atoms with Gasteiger partial charge in [0.05, 0.1) is 13.2 Å². The number of benzene rings is 1. The van der Waals surface area contributed by atoms with E-state index < -0.39 is 6.10 Å². The van der Waals surface area contributed by atoms with Crippen molar-refractivity contribution in [3.05, 3.63) is 29.8 Å². The fraction of sp³-hybridized carbons (Fsp3) is 0.625. The normalized spacial score (nSPS) is 19.3. The molecule has 0 saturated heterocycles. The maximum Gasteiger partial charge on any atom is 0.118 e. The van der Waals surface area contributed by atoms with E-state index in [1.54, 1.807) is 7.11 Å². The zero-order valence-electron chi connectivity index (χ0n) is 11.9. The molecule has 1 fully saturated rings. The molecule has 0 amide bonds. The Bertz CT molecular complexity index is 371. The fourth-order valence-electron chi connectivity index (χ4n) is 2.87. The number of hydrogen-bond acceptors (Lipinski definition) is 3. The summed E-state index contributed by atoms with van der Waals surface area (Å²) in [5.74, 6) is 1.60. The first kappa shape index (κ1) is 14.4. The number of aliphatic hydroxyl groups excluding tert-OH is 1. The van der Waals surface area contributed by atoms with Crippen LogP contribution in [0, 0.1) is 5.92 Å². The molecule has 2 unspecified atom stereocenters. The van der Waals surface area contributed by atoms with E-state index in [0.29, 0.717) is 12.6 Å².